The number of likely N-dealkylation sites (N-methyl/N-ethyl adjacent to an activating group) is 1. The van der Waals surface area contributed by atoms with Crippen molar-refractivity contribution in [3.8, 4) is 0 Å². The third-order valence-corrected chi connectivity index (χ3v) is 6.34. The second kappa shape index (κ2) is 13.4. The smallest absolute Gasteiger partial charge is 0.305 e. The Bertz CT molecular complexity index is 923. The molecule has 0 bridgehead atoms. The van der Waals surface area contributed by atoms with Gasteiger partial charge in [-0.15, -0.1) is 0 Å². The summed E-state index contributed by atoms with van der Waals surface area (Å²) < 4.78 is 0. The fraction of sp³-hybridized carbons (Fsp3) is 0.542. The van der Waals surface area contributed by atoms with Crippen molar-refractivity contribution in [1.29, 1.82) is 0 Å². The summed E-state index contributed by atoms with van der Waals surface area (Å²) in [5.41, 5.74) is 2.34. The molecule has 35 heavy (non-hydrogen) atoms. The highest BCUT2D eigenvalue weighted by Crippen LogP contribution is 2.30. The first-order chi connectivity index (χ1) is 16.7. The van der Waals surface area contributed by atoms with E-state index in [0.29, 0.717) is 19.4 Å². The van der Waals surface area contributed by atoms with Crippen molar-refractivity contribution in [2.75, 3.05) is 13.6 Å². The molecule has 0 spiro atoms. The van der Waals surface area contributed by atoms with E-state index in [2.05, 4.69) is 22.0 Å². The molecule has 3 rings (SSSR count). The van der Waals surface area contributed by atoms with Crippen molar-refractivity contribution in [2.24, 2.45) is 0 Å². The van der Waals surface area contributed by atoms with Gasteiger partial charge >= 0.3 is 5.97 Å². The van der Waals surface area contributed by atoms with Gasteiger partial charge in [-0.25, -0.2) is 0 Å². The lowest BCUT2D eigenvalue weighted by Crippen LogP contribution is -2.56. The first-order valence-electron chi connectivity index (χ1n) is 11.7. The van der Waals surface area contributed by atoms with Gasteiger partial charge in [-0.05, 0) is 57.2 Å². The quantitative estimate of drug-likeness (QED) is 0.328. The highest BCUT2D eigenvalue weighted by Gasteiger charge is 2.39. The van der Waals surface area contributed by atoms with E-state index in [0.717, 1.165) is 24.8 Å². The minimum absolute atomic E-state index is 0.101. The van der Waals surface area contributed by atoms with E-state index in [1.165, 1.54) is 10.5 Å². The maximum absolute atomic E-state index is 13.2. The Morgan fingerprint density at radius 2 is 1.86 bits per heavy atom. The van der Waals surface area contributed by atoms with Crippen LogP contribution in [0.2, 0.25) is 0 Å². The van der Waals surface area contributed by atoms with Crippen molar-refractivity contribution >= 4 is 30.2 Å². The van der Waals surface area contributed by atoms with Crippen LogP contribution < -0.4 is 16.0 Å². The third-order valence-electron chi connectivity index (χ3n) is 6.34. The summed E-state index contributed by atoms with van der Waals surface area (Å²) in [4.78, 5) is 59.7. The predicted molar refractivity (Wildman–Crippen MR) is 126 cm³/mol. The monoisotopic (exact) mass is 490 g/mol. The molecule has 3 amide bonds. The molecule has 2 aliphatic rings. The first kappa shape index (κ1) is 27.8. The maximum Gasteiger partial charge on any atom is 0.305 e. The van der Waals surface area contributed by atoms with Crippen molar-refractivity contribution in [1.82, 2.24) is 20.9 Å². The van der Waals surface area contributed by atoms with Crippen molar-refractivity contribution < 1.29 is 34.2 Å². The number of aliphatic carboxylic acids is 1. The number of carboxylic acids is 1. The van der Waals surface area contributed by atoms with E-state index in [1.807, 2.05) is 18.2 Å². The lowest BCUT2D eigenvalue weighted by molar-refractivity contribution is -0.146. The fourth-order valence-electron chi connectivity index (χ4n) is 4.48. The second-order valence-electron chi connectivity index (χ2n) is 8.62. The van der Waals surface area contributed by atoms with Gasteiger partial charge in [0.2, 0.25) is 17.7 Å². The van der Waals surface area contributed by atoms with Crippen LogP contribution in [0.15, 0.2) is 24.3 Å². The number of fused-ring (bicyclic) bond motifs is 1. The zero-order chi connectivity index (χ0) is 26.0. The van der Waals surface area contributed by atoms with E-state index in [4.69, 9.17) is 9.90 Å². The van der Waals surface area contributed by atoms with Crippen LogP contribution >= 0.6 is 0 Å². The highest BCUT2D eigenvalue weighted by molar-refractivity contribution is 5.95. The molecule has 0 saturated carbocycles. The standard InChI is InChI=1S/C23H32N4O5.CH2O2/c1-14(24-2)21(30)26-18(13-20(28)29)23(32)27-12-6-11-19(27)22(31)25-17-10-5-8-15-7-3-4-9-16(15)17;2-1-3/h3-4,7,9,14,17-19,24H,5-6,8,10-13H2,1-2H3,(H,25,31)(H,26,30)(H,28,29);1H,(H,2,3)/t14-,17?,18-,19-;/m0./s1. The lowest BCUT2D eigenvalue weighted by atomic mass is 9.87. The van der Waals surface area contributed by atoms with Crippen LogP contribution in [0.25, 0.3) is 0 Å². The highest BCUT2D eigenvalue weighted by atomic mass is 16.4. The number of benzene rings is 1. The minimum Gasteiger partial charge on any atom is -0.483 e. The molecule has 0 radical (unpaired) electrons. The Kier molecular flexibility index (Phi) is 10.7. The number of nitrogens with zero attached hydrogens (tertiary/aromatic N) is 1. The molecule has 1 fully saturated rings. The largest absolute Gasteiger partial charge is 0.483 e. The van der Waals surface area contributed by atoms with Gasteiger partial charge in [-0.1, -0.05) is 24.3 Å². The molecule has 1 aliphatic carbocycles. The Hall–Kier alpha value is -3.47. The van der Waals surface area contributed by atoms with Crippen LogP contribution in [0, 0.1) is 0 Å². The summed E-state index contributed by atoms with van der Waals surface area (Å²) in [6.07, 6.45) is 3.41. The number of rotatable bonds is 8. The van der Waals surface area contributed by atoms with Crippen LogP contribution in [0.5, 0.6) is 0 Å². The number of nitrogens with one attached hydrogen (secondary N) is 3. The molecular formula is C24H34N4O7. The van der Waals surface area contributed by atoms with Crippen LogP contribution in [0.1, 0.15) is 56.2 Å². The van der Waals surface area contributed by atoms with Gasteiger partial charge in [0, 0.05) is 6.54 Å². The maximum atomic E-state index is 13.2. The molecule has 0 aromatic heterocycles. The normalized spacial score (nSPS) is 20.3. The van der Waals surface area contributed by atoms with Crippen molar-refractivity contribution in [2.45, 2.75) is 69.6 Å². The van der Waals surface area contributed by atoms with E-state index in [9.17, 15) is 24.3 Å². The number of carboxylic acid groups (broad SMARTS) is 2. The van der Waals surface area contributed by atoms with Gasteiger partial charge in [0.1, 0.15) is 12.1 Å². The predicted octanol–water partition coefficient (Wildman–Crippen LogP) is 0.439. The molecule has 1 aromatic rings. The molecule has 1 heterocycles. The first-order valence-corrected chi connectivity index (χ1v) is 11.7. The third kappa shape index (κ3) is 7.51. The summed E-state index contributed by atoms with van der Waals surface area (Å²) in [7, 11) is 1.60. The Morgan fingerprint density at radius 1 is 1.17 bits per heavy atom. The Morgan fingerprint density at radius 3 is 2.51 bits per heavy atom. The van der Waals surface area contributed by atoms with E-state index in [1.54, 1.807) is 14.0 Å². The average molecular weight is 491 g/mol. The summed E-state index contributed by atoms with van der Waals surface area (Å²) >= 11 is 0. The molecule has 4 atom stereocenters. The zero-order valence-electron chi connectivity index (χ0n) is 20.0. The zero-order valence-corrected chi connectivity index (χ0v) is 20.0. The number of aryl methyl sites for hydroxylation is 1. The van der Waals surface area contributed by atoms with Gasteiger partial charge in [-0.3, -0.25) is 24.0 Å². The summed E-state index contributed by atoms with van der Waals surface area (Å²) in [6, 6.07) is 5.47. The second-order valence-corrected chi connectivity index (χ2v) is 8.62. The van der Waals surface area contributed by atoms with Crippen LogP contribution in [0.4, 0.5) is 0 Å². The summed E-state index contributed by atoms with van der Waals surface area (Å²) in [5.74, 6) is -2.43. The van der Waals surface area contributed by atoms with E-state index < -0.39 is 42.3 Å². The van der Waals surface area contributed by atoms with Gasteiger partial charge in [0.05, 0.1) is 18.5 Å². The van der Waals surface area contributed by atoms with Gasteiger partial charge in [0.25, 0.3) is 6.47 Å². The SMILES string of the molecule is CN[C@@H](C)C(=O)N[C@@H](CC(=O)O)C(=O)N1CCC[C@H]1C(=O)NC1CCCc2ccccc21.O=CO. The number of carbonyl (C=O) groups excluding carboxylic acids is 3. The van der Waals surface area contributed by atoms with Gasteiger partial charge in [-0.2, -0.15) is 0 Å². The molecule has 192 valence electrons. The lowest BCUT2D eigenvalue weighted by Gasteiger charge is -2.31. The minimum atomic E-state index is -1.22. The molecule has 1 aromatic carbocycles. The molecule has 1 unspecified atom stereocenters. The molecule has 1 saturated heterocycles. The molecular weight excluding hydrogens is 456 g/mol. The molecule has 5 N–H and O–H groups in total. The fourth-order valence-corrected chi connectivity index (χ4v) is 4.48. The van der Waals surface area contributed by atoms with E-state index in [-0.39, 0.29) is 18.4 Å². The van der Waals surface area contributed by atoms with Gasteiger partial charge < -0.3 is 31.1 Å². The Balaban J connectivity index is 0.00000137. The number of amides is 3. The molecule has 11 heteroatoms. The van der Waals surface area contributed by atoms with Crippen molar-refractivity contribution in [3.05, 3.63) is 35.4 Å². The van der Waals surface area contributed by atoms with Crippen LogP contribution in [-0.2, 0) is 30.4 Å². The number of carbonyl (C=O) groups is 5. The number of likely N-dealkylation sites (tertiary alicyclic amines) is 1. The summed E-state index contributed by atoms with van der Waals surface area (Å²) in [6.45, 7) is 1.72. The summed E-state index contributed by atoms with van der Waals surface area (Å²) in [5, 5.41) is 24.5. The van der Waals surface area contributed by atoms with Crippen LogP contribution in [0.3, 0.4) is 0 Å². The topological polar surface area (TPSA) is 165 Å². The van der Waals surface area contributed by atoms with Crippen LogP contribution in [-0.4, -0.2) is 77.0 Å². The molecule has 11 nitrogen and oxygen atoms in total. The van der Waals surface area contributed by atoms with E-state index >= 15 is 0 Å². The van der Waals surface area contributed by atoms with Crippen molar-refractivity contribution in [3.63, 3.8) is 0 Å². The van der Waals surface area contributed by atoms with Gasteiger partial charge in [0.15, 0.2) is 0 Å². The number of hydrogen-bond donors (Lipinski definition) is 5. The number of hydrogen-bond acceptors (Lipinski definition) is 6. The molecule has 1 aliphatic heterocycles. The Labute approximate surface area is 204 Å². The average Bonchev–Trinajstić information content (AvgIpc) is 3.33.